The lowest BCUT2D eigenvalue weighted by atomic mass is 10.1. The van der Waals surface area contributed by atoms with Crippen molar-refractivity contribution in [3.05, 3.63) is 30.0 Å². The molecule has 2 aromatic rings. The van der Waals surface area contributed by atoms with Crippen LogP contribution >= 0.6 is 0 Å². The van der Waals surface area contributed by atoms with E-state index in [-0.39, 0.29) is 18.9 Å². The Morgan fingerprint density at radius 3 is 2.95 bits per heavy atom. The second-order valence-electron chi connectivity index (χ2n) is 4.30. The van der Waals surface area contributed by atoms with E-state index in [0.29, 0.717) is 11.5 Å². The Balaban J connectivity index is 1.84. The minimum absolute atomic E-state index is 0.101. The first kappa shape index (κ1) is 14.6. The number of carboxylic acids is 1. The number of nitrogens with zero attached hydrogens (tertiary/aromatic N) is 2. The maximum Gasteiger partial charge on any atom is 0.326 e. The summed E-state index contributed by atoms with van der Waals surface area (Å²) in [4.78, 5) is 29.4. The van der Waals surface area contributed by atoms with Crippen LogP contribution in [0.5, 0.6) is 5.88 Å². The fraction of sp³-hybridized carbons (Fsp3) is 0.333. The predicted octanol–water partition coefficient (Wildman–Crippen LogP) is -0.103. The number of rotatable bonds is 7. The molecule has 0 saturated heterocycles. The van der Waals surface area contributed by atoms with Gasteiger partial charge < -0.3 is 24.7 Å². The summed E-state index contributed by atoms with van der Waals surface area (Å²) in [6, 6.07) is 0.452. The maximum absolute atomic E-state index is 11.7. The Morgan fingerprint density at radius 2 is 2.38 bits per heavy atom. The third-order valence-corrected chi connectivity index (χ3v) is 2.57. The fourth-order valence-electron chi connectivity index (χ4n) is 1.60. The number of aromatic amines is 1. The van der Waals surface area contributed by atoms with Crippen molar-refractivity contribution in [2.24, 2.45) is 0 Å². The molecular formula is C12H14N4O5. The standard InChI is InChI=1S/C12H14N4O5/c1-7-2-11(16-21-7)20-5-10(17)15-9(12(18)19)3-8-4-13-6-14-8/h2,4,6,9H,3,5H2,1H3,(H,13,14)(H,15,17)(H,18,19)/t9-/m1/s1. The van der Waals surface area contributed by atoms with Gasteiger partial charge in [0.05, 0.1) is 6.33 Å². The third-order valence-electron chi connectivity index (χ3n) is 2.57. The topological polar surface area (TPSA) is 130 Å². The Labute approximate surface area is 119 Å². The molecule has 2 heterocycles. The smallest absolute Gasteiger partial charge is 0.326 e. The number of aryl methyl sites for hydroxylation is 1. The molecule has 112 valence electrons. The summed E-state index contributed by atoms with van der Waals surface area (Å²) < 4.78 is 9.85. The normalized spacial score (nSPS) is 11.9. The van der Waals surface area contributed by atoms with Gasteiger partial charge in [-0.15, -0.1) is 0 Å². The van der Waals surface area contributed by atoms with Crippen molar-refractivity contribution in [1.82, 2.24) is 20.4 Å². The molecule has 0 radical (unpaired) electrons. The van der Waals surface area contributed by atoms with Crippen molar-refractivity contribution < 1.29 is 24.0 Å². The van der Waals surface area contributed by atoms with Crippen LogP contribution in [0.4, 0.5) is 0 Å². The van der Waals surface area contributed by atoms with Gasteiger partial charge in [0.15, 0.2) is 6.61 Å². The van der Waals surface area contributed by atoms with Crippen molar-refractivity contribution in [3.63, 3.8) is 0 Å². The Hall–Kier alpha value is -2.84. The van der Waals surface area contributed by atoms with E-state index in [4.69, 9.17) is 14.4 Å². The number of carboxylic acid groups (broad SMARTS) is 1. The second kappa shape index (κ2) is 6.55. The molecule has 0 aliphatic carbocycles. The molecule has 1 amide bonds. The molecule has 2 aromatic heterocycles. The van der Waals surface area contributed by atoms with Crippen LogP contribution in [-0.4, -0.2) is 44.8 Å². The zero-order valence-electron chi connectivity index (χ0n) is 11.2. The summed E-state index contributed by atoms with van der Waals surface area (Å²) in [5, 5.41) is 15.0. The maximum atomic E-state index is 11.7. The number of nitrogens with one attached hydrogen (secondary N) is 2. The lowest BCUT2D eigenvalue weighted by Gasteiger charge is -2.13. The Kier molecular flexibility index (Phi) is 4.54. The van der Waals surface area contributed by atoms with Crippen molar-refractivity contribution >= 4 is 11.9 Å². The summed E-state index contributed by atoms with van der Waals surface area (Å²) in [7, 11) is 0. The van der Waals surface area contributed by atoms with Crippen molar-refractivity contribution in [3.8, 4) is 5.88 Å². The van der Waals surface area contributed by atoms with Gasteiger partial charge in [0.2, 0.25) is 0 Å². The molecule has 0 fully saturated rings. The number of H-pyrrole nitrogens is 1. The van der Waals surface area contributed by atoms with E-state index >= 15 is 0 Å². The van der Waals surface area contributed by atoms with E-state index in [1.54, 1.807) is 6.92 Å². The molecule has 3 N–H and O–H groups in total. The Morgan fingerprint density at radius 1 is 1.57 bits per heavy atom. The van der Waals surface area contributed by atoms with Crippen LogP contribution in [-0.2, 0) is 16.0 Å². The second-order valence-corrected chi connectivity index (χ2v) is 4.30. The summed E-state index contributed by atoms with van der Waals surface area (Å²) in [6.45, 7) is 1.34. The van der Waals surface area contributed by atoms with E-state index < -0.39 is 17.9 Å². The van der Waals surface area contributed by atoms with Gasteiger partial charge in [-0.25, -0.2) is 9.78 Å². The van der Waals surface area contributed by atoms with E-state index in [1.807, 2.05) is 0 Å². The van der Waals surface area contributed by atoms with Gasteiger partial charge in [0, 0.05) is 24.4 Å². The van der Waals surface area contributed by atoms with Crippen molar-refractivity contribution in [2.75, 3.05) is 6.61 Å². The number of aliphatic carboxylic acids is 1. The molecule has 0 spiro atoms. The van der Waals surface area contributed by atoms with E-state index in [2.05, 4.69) is 20.4 Å². The lowest BCUT2D eigenvalue weighted by molar-refractivity contribution is -0.142. The number of hydrogen-bond donors (Lipinski definition) is 3. The minimum atomic E-state index is -1.14. The first-order valence-electron chi connectivity index (χ1n) is 6.10. The number of aromatic nitrogens is 3. The van der Waals surface area contributed by atoms with Crippen LogP contribution in [0.2, 0.25) is 0 Å². The van der Waals surface area contributed by atoms with E-state index in [1.165, 1.54) is 18.6 Å². The number of carbonyl (C=O) groups is 2. The molecule has 0 bridgehead atoms. The highest BCUT2D eigenvalue weighted by molar-refractivity contribution is 5.84. The average Bonchev–Trinajstić information content (AvgIpc) is 3.07. The van der Waals surface area contributed by atoms with Crippen molar-refractivity contribution in [1.29, 1.82) is 0 Å². The molecule has 9 nitrogen and oxygen atoms in total. The molecular weight excluding hydrogens is 280 g/mol. The molecule has 0 aliphatic rings. The molecule has 2 rings (SSSR count). The van der Waals surface area contributed by atoms with E-state index in [9.17, 15) is 9.59 Å². The summed E-state index contributed by atoms with van der Waals surface area (Å²) >= 11 is 0. The third kappa shape index (κ3) is 4.34. The van der Waals surface area contributed by atoms with Crippen LogP contribution in [0.15, 0.2) is 23.1 Å². The summed E-state index contributed by atoms with van der Waals surface area (Å²) in [6.07, 6.45) is 3.03. The number of hydrogen-bond acceptors (Lipinski definition) is 6. The zero-order chi connectivity index (χ0) is 15.2. The van der Waals surface area contributed by atoms with Crippen LogP contribution in [0, 0.1) is 6.92 Å². The van der Waals surface area contributed by atoms with Crippen LogP contribution in [0.25, 0.3) is 0 Å². The van der Waals surface area contributed by atoms with Gasteiger partial charge in [-0.1, -0.05) is 0 Å². The summed E-state index contributed by atoms with van der Waals surface area (Å²) in [5.74, 6) is -0.992. The predicted molar refractivity (Wildman–Crippen MR) is 68.6 cm³/mol. The first-order valence-corrected chi connectivity index (χ1v) is 6.10. The van der Waals surface area contributed by atoms with Crippen LogP contribution in [0.3, 0.4) is 0 Å². The molecule has 9 heteroatoms. The SMILES string of the molecule is Cc1cc(OCC(=O)N[C@H](Cc2cnc[nH]2)C(=O)O)no1. The van der Waals surface area contributed by atoms with Gasteiger partial charge in [0.1, 0.15) is 11.8 Å². The van der Waals surface area contributed by atoms with Crippen LogP contribution in [0.1, 0.15) is 11.5 Å². The van der Waals surface area contributed by atoms with Gasteiger partial charge in [-0.05, 0) is 12.1 Å². The van der Waals surface area contributed by atoms with Crippen molar-refractivity contribution in [2.45, 2.75) is 19.4 Å². The van der Waals surface area contributed by atoms with E-state index in [0.717, 1.165) is 0 Å². The largest absolute Gasteiger partial charge is 0.480 e. The monoisotopic (exact) mass is 294 g/mol. The molecule has 0 aromatic carbocycles. The average molecular weight is 294 g/mol. The van der Waals surface area contributed by atoms with Gasteiger partial charge in [-0.3, -0.25) is 4.79 Å². The highest BCUT2D eigenvalue weighted by atomic mass is 16.5. The highest BCUT2D eigenvalue weighted by Gasteiger charge is 2.21. The molecule has 0 unspecified atom stereocenters. The fourth-order valence-corrected chi connectivity index (χ4v) is 1.60. The van der Waals surface area contributed by atoms with Crippen LogP contribution < -0.4 is 10.1 Å². The lowest BCUT2D eigenvalue weighted by Crippen LogP contribution is -2.44. The molecule has 1 atom stereocenters. The number of ether oxygens (including phenoxy) is 1. The summed E-state index contributed by atoms with van der Waals surface area (Å²) in [5.41, 5.74) is 0.607. The van der Waals surface area contributed by atoms with Gasteiger partial charge >= 0.3 is 5.97 Å². The molecule has 0 aliphatic heterocycles. The number of amides is 1. The first-order chi connectivity index (χ1) is 10.0. The van der Waals surface area contributed by atoms with Gasteiger partial charge in [-0.2, -0.15) is 0 Å². The van der Waals surface area contributed by atoms with Gasteiger partial charge in [0.25, 0.3) is 11.8 Å². The molecule has 0 saturated carbocycles. The highest BCUT2D eigenvalue weighted by Crippen LogP contribution is 2.09. The number of imidazole rings is 1. The Bertz CT molecular complexity index is 607. The zero-order valence-corrected chi connectivity index (χ0v) is 11.2. The quantitative estimate of drug-likeness (QED) is 0.649. The molecule has 21 heavy (non-hydrogen) atoms. The number of carbonyl (C=O) groups excluding carboxylic acids is 1. The minimum Gasteiger partial charge on any atom is -0.480 e.